The highest BCUT2D eigenvalue weighted by atomic mass is 16.5. The van der Waals surface area contributed by atoms with Gasteiger partial charge in [-0.05, 0) is 36.0 Å². The van der Waals surface area contributed by atoms with Crippen LogP contribution in [0.15, 0.2) is 22.7 Å². The highest BCUT2D eigenvalue weighted by Gasteiger charge is 2.28. The van der Waals surface area contributed by atoms with Gasteiger partial charge in [0.15, 0.2) is 5.82 Å². The molecule has 1 atom stereocenters. The molecular formula is C21H28N4O3. The summed E-state index contributed by atoms with van der Waals surface area (Å²) in [5.41, 5.74) is 2.32. The van der Waals surface area contributed by atoms with Gasteiger partial charge in [-0.25, -0.2) is 4.79 Å². The van der Waals surface area contributed by atoms with Gasteiger partial charge in [-0.1, -0.05) is 31.1 Å². The van der Waals surface area contributed by atoms with Crippen LogP contribution in [0.2, 0.25) is 0 Å². The Hall–Kier alpha value is -2.57. The molecule has 0 unspecified atom stereocenters. The van der Waals surface area contributed by atoms with E-state index in [0.717, 1.165) is 56.0 Å². The second-order valence-electron chi connectivity index (χ2n) is 8.13. The summed E-state index contributed by atoms with van der Waals surface area (Å²) in [6.07, 6.45) is 3.66. The van der Waals surface area contributed by atoms with Gasteiger partial charge < -0.3 is 19.5 Å². The zero-order chi connectivity index (χ0) is 19.5. The van der Waals surface area contributed by atoms with Gasteiger partial charge in [-0.3, -0.25) is 0 Å². The highest BCUT2D eigenvalue weighted by molar-refractivity contribution is 5.74. The molecule has 2 amide bonds. The van der Waals surface area contributed by atoms with Crippen molar-refractivity contribution in [2.24, 2.45) is 5.92 Å². The third-order valence-electron chi connectivity index (χ3n) is 5.33. The second kappa shape index (κ2) is 8.20. The molecule has 1 aromatic heterocycles. The van der Waals surface area contributed by atoms with E-state index >= 15 is 0 Å². The maximum atomic E-state index is 12.7. The molecule has 7 heteroatoms. The number of urea groups is 1. The van der Waals surface area contributed by atoms with Crippen LogP contribution in [0.3, 0.4) is 0 Å². The standard InChI is InChI=1S/C21H28N4O3/c1-14(2)10-19-23-20(28-24-19)17-4-3-8-25(13-17)21(26)22-12-15-5-6-18-16(11-15)7-9-27-18/h5-6,11,14,17H,3-4,7-10,12-13H2,1-2H3,(H,22,26)/t17-/m1/s1. The summed E-state index contributed by atoms with van der Waals surface area (Å²) in [6.45, 7) is 6.91. The molecule has 7 nitrogen and oxygen atoms in total. The number of amides is 2. The van der Waals surface area contributed by atoms with Crippen LogP contribution in [0.4, 0.5) is 4.79 Å². The number of ether oxygens (including phenoxy) is 1. The maximum Gasteiger partial charge on any atom is 0.317 e. The lowest BCUT2D eigenvalue weighted by molar-refractivity contribution is 0.171. The molecule has 2 aliphatic rings. The molecule has 0 aliphatic carbocycles. The average Bonchev–Trinajstić information content (AvgIpc) is 3.34. The molecule has 1 N–H and O–H groups in total. The number of nitrogens with one attached hydrogen (secondary N) is 1. The Balaban J connectivity index is 1.32. The number of benzene rings is 1. The minimum atomic E-state index is -0.0385. The molecule has 4 rings (SSSR count). The van der Waals surface area contributed by atoms with Gasteiger partial charge in [0.2, 0.25) is 5.89 Å². The van der Waals surface area contributed by atoms with Crippen molar-refractivity contribution in [2.45, 2.75) is 52.0 Å². The summed E-state index contributed by atoms with van der Waals surface area (Å²) in [5, 5.41) is 7.13. The van der Waals surface area contributed by atoms with E-state index in [1.807, 2.05) is 17.0 Å². The number of rotatable bonds is 5. The average molecular weight is 384 g/mol. The van der Waals surface area contributed by atoms with E-state index in [0.29, 0.717) is 24.9 Å². The van der Waals surface area contributed by atoms with Crippen LogP contribution in [-0.4, -0.2) is 40.8 Å². The van der Waals surface area contributed by atoms with E-state index in [-0.39, 0.29) is 11.9 Å². The molecule has 0 saturated carbocycles. The Morgan fingerprint density at radius 2 is 2.29 bits per heavy atom. The molecule has 2 aliphatic heterocycles. The van der Waals surface area contributed by atoms with Crippen LogP contribution in [0.5, 0.6) is 5.75 Å². The Morgan fingerprint density at radius 3 is 3.14 bits per heavy atom. The Bertz CT molecular complexity index is 833. The molecule has 2 aromatic rings. The van der Waals surface area contributed by atoms with E-state index in [2.05, 4.69) is 35.4 Å². The number of aromatic nitrogens is 2. The van der Waals surface area contributed by atoms with Gasteiger partial charge in [0.05, 0.1) is 12.5 Å². The first kappa shape index (κ1) is 18.8. The number of carbonyl (C=O) groups excluding carboxylic acids is 1. The van der Waals surface area contributed by atoms with E-state index in [1.165, 1.54) is 5.56 Å². The van der Waals surface area contributed by atoms with Gasteiger partial charge >= 0.3 is 6.03 Å². The minimum absolute atomic E-state index is 0.0385. The fraction of sp³-hybridized carbons (Fsp3) is 0.571. The summed E-state index contributed by atoms with van der Waals surface area (Å²) in [7, 11) is 0. The molecule has 28 heavy (non-hydrogen) atoms. The van der Waals surface area contributed by atoms with Crippen molar-refractivity contribution in [3.05, 3.63) is 41.0 Å². The molecule has 0 spiro atoms. The predicted octanol–water partition coefficient (Wildman–Crippen LogP) is 3.29. The molecule has 150 valence electrons. The minimum Gasteiger partial charge on any atom is -0.493 e. The normalized spacial score (nSPS) is 18.8. The molecule has 1 aromatic carbocycles. The highest BCUT2D eigenvalue weighted by Crippen LogP contribution is 2.27. The van der Waals surface area contributed by atoms with Gasteiger partial charge in [0, 0.05) is 32.5 Å². The Kier molecular flexibility index (Phi) is 5.50. The lowest BCUT2D eigenvalue weighted by Gasteiger charge is -2.31. The molecule has 1 saturated heterocycles. The molecule has 3 heterocycles. The van der Waals surface area contributed by atoms with Crippen LogP contribution in [0, 0.1) is 5.92 Å². The first-order chi connectivity index (χ1) is 13.6. The van der Waals surface area contributed by atoms with Crippen molar-refractivity contribution in [1.82, 2.24) is 20.4 Å². The van der Waals surface area contributed by atoms with Crippen molar-refractivity contribution in [1.29, 1.82) is 0 Å². The largest absolute Gasteiger partial charge is 0.493 e. The summed E-state index contributed by atoms with van der Waals surface area (Å²) in [4.78, 5) is 19.1. The number of likely N-dealkylation sites (tertiary alicyclic amines) is 1. The zero-order valence-electron chi connectivity index (χ0n) is 16.6. The van der Waals surface area contributed by atoms with Gasteiger partial charge in [-0.15, -0.1) is 0 Å². The van der Waals surface area contributed by atoms with Crippen molar-refractivity contribution in [3.63, 3.8) is 0 Å². The number of nitrogens with zero attached hydrogens (tertiary/aromatic N) is 3. The van der Waals surface area contributed by atoms with Crippen LogP contribution in [0.25, 0.3) is 0 Å². The lowest BCUT2D eigenvalue weighted by Crippen LogP contribution is -2.44. The Labute approximate surface area is 165 Å². The van der Waals surface area contributed by atoms with E-state index in [1.54, 1.807) is 0 Å². The van der Waals surface area contributed by atoms with E-state index in [4.69, 9.17) is 9.26 Å². The molecule has 0 bridgehead atoms. The number of hydrogen-bond acceptors (Lipinski definition) is 5. The summed E-state index contributed by atoms with van der Waals surface area (Å²) in [5.74, 6) is 2.99. The molecule has 0 radical (unpaired) electrons. The fourth-order valence-electron chi connectivity index (χ4n) is 3.88. The van der Waals surface area contributed by atoms with E-state index in [9.17, 15) is 4.79 Å². The maximum absolute atomic E-state index is 12.7. The SMILES string of the molecule is CC(C)Cc1noc([C@@H]2CCCN(C(=O)NCc3ccc4c(c3)CCO4)C2)n1. The van der Waals surface area contributed by atoms with Gasteiger partial charge in [-0.2, -0.15) is 4.98 Å². The van der Waals surface area contributed by atoms with Crippen LogP contribution in [0.1, 0.15) is 55.4 Å². The summed E-state index contributed by atoms with van der Waals surface area (Å²) in [6, 6.07) is 6.09. The zero-order valence-corrected chi connectivity index (χ0v) is 16.6. The number of carbonyl (C=O) groups is 1. The third-order valence-corrected chi connectivity index (χ3v) is 5.33. The lowest BCUT2D eigenvalue weighted by atomic mass is 9.98. The van der Waals surface area contributed by atoms with Crippen LogP contribution in [-0.2, 0) is 19.4 Å². The molecule has 1 fully saturated rings. The topological polar surface area (TPSA) is 80.5 Å². The van der Waals surface area contributed by atoms with Crippen molar-refractivity contribution >= 4 is 6.03 Å². The van der Waals surface area contributed by atoms with Gasteiger partial charge in [0.25, 0.3) is 0 Å². The first-order valence-electron chi connectivity index (χ1n) is 10.2. The fourth-order valence-corrected chi connectivity index (χ4v) is 3.88. The van der Waals surface area contributed by atoms with Crippen LogP contribution >= 0.6 is 0 Å². The summed E-state index contributed by atoms with van der Waals surface area (Å²) >= 11 is 0. The van der Waals surface area contributed by atoms with Crippen molar-refractivity contribution in [2.75, 3.05) is 19.7 Å². The molecular weight excluding hydrogens is 356 g/mol. The van der Waals surface area contributed by atoms with Crippen LogP contribution < -0.4 is 10.1 Å². The quantitative estimate of drug-likeness (QED) is 0.856. The first-order valence-corrected chi connectivity index (χ1v) is 10.2. The second-order valence-corrected chi connectivity index (χ2v) is 8.13. The number of hydrogen-bond donors (Lipinski definition) is 1. The number of piperidine rings is 1. The smallest absolute Gasteiger partial charge is 0.317 e. The monoisotopic (exact) mass is 384 g/mol. The number of fused-ring (bicyclic) bond motifs is 1. The Morgan fingerprint density at radius 1 is 1.39 bits per heavy atom. The summed E-state index contributed by atoms with van der Waals surface area (Å²) < 4.78 is 11.0. The van der Waals surface area contributed by atoms with Crippen molar-refractivity contribution < 1.29 is 14.1 Å². The predicted molar refractivity (Wildman–Crippen MR) is 104 cm³/mol. The van der Waals surface area contributed by atoms with Gasteiger partial charge in [0.1, 0.15) is 5.75 Å². The van der Waals surface area contributed by atoms with E-state index < -0.39 is 0 Å². The van der Waals surface area contributed by atoms with Crippen molar-refractivity contribution in [3.8, 4) is 5.75 Å². The third kappa shape index (κ3) is 4.29.